The zero-order valence-corrected chi connectivity index (χ0v) is 4.03. The molecular weight excluding hydrogens is 96.0 g/mol. The van der Waals surface area contributed by atoms with Gasteiger partial charge in [0, 0.05) is 6.54 Å². The monoisotopic (exact) mass is 106 g/mol. The Morgan fingerprint density at radius 1 is 1.57 bits per heavy atom. The van der Waals surface area contributed by atoms with Crippen molar-refractivity contribution in [2.75, 3.05) is 19.8 Å². The SMILES string of the molecule is O.[O-][NH+]1CCNC1. The standard InChI is InChI=1S/C3H8N2O.H2O/c6-5-2-1-4-3-5;/h4-5H,1-3H2;1H2. The van der Waals surface area contributed by atoms with Crippen LogP contribution in [-0.4, -0.2) is 25.2 Å². The fraction of sp³-hybridized carbons (Fsp3) is 1.00. The molecule has 44 valence electrons. The first-order chi connectivity index (χ1) is 2.89. The molecule has 1 fully saturated rings. The maximum absolute atomic E-state index is 10.2. The van der Waals surface area contributed by atoms with Crippen molar-refractivity contribution in [1.29, 1.82) is 0 Å². The highest BCUT2D eigenvalue weighted by Crippen LogP contribution is 1.54. The molecule has 4 nitrogen and oxygen atoms in total. The Labute approximate surface area is 42.0 Å². The summed E-state index contributed by atoms with van der Waals surface area (Å²) in [6, 6.07) is 0. The molecular formula is C3H10N2O2. The van der Waals surface area contributed by atoms with Gasteiger partial charge in [0.25, 0.3) is 0 Å². The van der Waals surface area contributed by atoms with Crippen LogP contribution in [-0.2, 0) is 0 Å². The summed E-state index contributed by atoms with van der Waals surface area (Å²) in [7, 11) is 0. The molecule has 0 aromatic rings. The van der Waals surface area contributed by atoms with Crippen molar-refractivity contribution in [3.8, 4) is 0 Å². The van der Waals surface area contributed by atoms with Gasteiger partial charge in [-0.05, 0) is 0 Å². The van der Waals surface area contributed by atoms with E-state index in [9.17, 15) is 5.21 Å². The van der Waals surface area contributed by atoms with Crippen LogP contribution in [0.5, 0.6) is 0 Å². The highest BCUT2D eigenvalue weighted by molar-refractivity contribution is 4.42. The van der Waals surface area contributed by atoms with Crippen LogP contribution in [0.15, 0.2) is 0 Å². The van der Waals surface area contributed by atoms with Gasteiger partial charge >= 0.3 is 0 Å². The summed E-state index contributed by atoms with van der Waals surface area (Å²) in [5.74, 6) is 0. The minimum atomic E-state index is 0. The Morgan fingerprint density at radius 2 is 2.29 bits per heavy atom. The zero-order valence-electron chi connectivity index (χ0n) is 4.03. The van der Waals surface area contributed by atoms with Crippen molar-refractivity contribution >= 4 is 0 Å². The number of hydrogen-bond donors (Lipinski definition) is 2. The van der Waals surface area contributed by atoms with E-state index >= 15 is 0 Å². The molecule has 1 heterocycles. The van der Waals surface area contributed by atoms with E-state index in [1.165, 1.54) is 0 Å². The molecule has 0 saturated carbocycles. The van der Waals surface area contributed by atoms with Crippen LogP contribution in [0.4, 0.5) is 0 Å². The lowest BCUT2D eigenvalue weighted by Gasteiger charge is -2.10. The van der Waals surface area contributed by atoms with Gasteiger partial charge in [0.05, 0.1) is 6.54 Å². The predicted octanol–water partition coefficient (Wildman–Crippen LogP) is -2.89. The summed E-state index contributed by atoms with van der Waals surface area (Å²) in [5, 5.41) is 13.4. The minimum Gasteiger partial charge on any atom is -0.633 e. The maximum atomic E-state index is 10.2. The number of hydroxylamine groups is 2. The van der Waals surface area contributed by atoms with Crippen molar-refractivity contribution < 1.29 is 10.5 Å². The average Bonchev–Trinajstić information content (AvgIpc) is 1.86. The van der Waals surface area contributed by atoms with Crippen molar-refractivity contribution in [2.24, 2.45) is 0 Å². The molecule has 0 bridgehead atoms. The van der Waals surface area contributed by atoms with E-state index < -0.39 is 0 Å². The van der Waals surface area contributed by atoms with Crippen LogP contribution in [0.1, 0.15) is 0 Å². The van der Waals surface area contributed by atoms with Gasteiger partial charge in [-0.3, -0.25) is 5.32 Å². The van der Waals surface area contributed by atoms with Gasteiger partial charge in [0.1, 0.15) is 6.67 Å². The number of rotatable bonds is 0. The van der Waals surface area contributed by atoms with Gasteiger partial charge in [-0.1, -0.05) is 0 Å². The first kappa shape index (κ1) is 6.84. The van der Waals surface area contributed by atoms with Gasteiger partial charge < -0.3 is 15.7 Å². The van der Waals surface area contributed by atoms with Gasteiger partial charge in [-0.15, -0.1) is 0 Å². The van der Waals surface area contributed by atoms with Gasteiger partial charge in [0.2, 0.25) is 0 Å². The summed E-state index contributed by atoms with van der Waals surface area (Å²) in [5.41, 5.74) is 0. The summed E-state index contributed by atoms with van der Waals surface area (Å²) >= 11 is 0. The van der Waals surface area contributed by atoms with Crippen LogP contribution >= 0.6 is 0 Å². The van der Waals surface area contributed by atoms with E-state index in [1.54, 1.807) is 0 Å². The Hall–Kier alpha value is -0.160. The maximum Gasteiger partial charge on any atom is 0.130 e. The molecule has 1 atom stereocenters. The lowest BCUT2D eigenvalue weighted by molar-refractivity contribution is -0.834. The van der Waals surface area contributed by atoms with Gasteiger partial charge in [-0.2, -0.15) is 0 Å². The molecule has 0 radical (unpaired) electrons. The van der Waals surface area contributed by atoms with Crippen molar-refractivity contribution in [2.45, 2.75) is 0 Å². The summed E-state index contributed by atoms with van der Waals surface area (Å²) < 4.78 is 0. The molecule has 1 aliphatic rings. The van der Waals surface area contributed by atoms with Crippen LogP contribution < -0.4 is 10.4 Å². The minimum absolute atomic E-state index is 0. The van der Waals surface area contributed by atoms with Gasteiger partial charge in [-0.25, -0.2) is 0 Å². The summed E-state index contributed by atoms with van der Waals surface area (Å²) in [4.78, 5) is 0. The molecule has 0 aliphatic carbocycles. The Kier molecular flexibility index (Phi) is 2.86. The second-order valence-corrected chi connectivity index (χ2v) is 1.47. The molecule has 1 aliphatic heterocycles. The lowest BCUT2D eigenvalue weighted by Crippen LogP contribution is -3.05. The van der Waals surface area contributed by atoms with Crippen molar-refractivity contribution in [1.82, 2.24) is 5.32 Å². The lowest BCUT2D eigenvalue weighted by atomic mass is 10.7. The molecule has 7 heavy (non-hydrogen) atoms. The Morgan fingerprint density at radius 3 is 2.43 bits per heavy atom. The third kappa shape index (κ3) is 1.84. The summed E-state index contributed by atoms with van der Waals surface area (Å²) in [6.45, 7) is 2.22. The highest BCUT2D eigenvalue weighted by atomic mass is 16.5. The number of quaternary nitrogens is 1. The fourth-order valence-corrected chi connectivity index (χ4v) is 0.544. The van der Waals surface area contributed by atoms with Crippen molar-refractivity contribution in [3.05, 3.63) is 5.21 Å². The average molecular weight is 106 g/mol. The highest BCUT2D eigenvalue weighted by Gasteiger charge is 2.02. The normalized spacial score (nSPS) is 29.6. The second kappa shape index (κ2) is 2.92. The van der Waals surface area contributed by atoms with E-state index in [2.05, 4.69) is 5.32 Å². The third-order valence-corrected chi connectivity index (χ3v) is 0.903. The first-order valence-electron chi connectivity index (χ1n) is 2.12. The van der Waals surface area contributed by atoms with Crippen LogP contribution in [0.3, 0.4) is 0 Å². The number of hydrogen-bond acceptors (Lipinski definition) is 2. The van der Waals surface area contributed by atoms with Crippen LogP contribution in [0.25, 0.3) is 0 Å². The topological polar surface area (TPSA) is 71.0 Å². The van der Waals surface area contributed by atoms with E-state index in [4.69, 9.17) is 0 Å². The van der Waals surface area contributed by atoms with Gasteiger partial charge in [0.15, 0.2) is 0 Å². The fourth-order valence-electron chi connectivity index (χ4n) is 0.544. The zero-order chi connectivity index (χ0) is 4.41. The molecule has 1 saturated heterocycles. The predicted molar refractivity (Wildman–Crippen MR) is 25.7 cm³/mol. The largest absolute Gasteiger partial charge is 0.633 e. The first-order valence-corrected chi connectivity index (χ1v) is 2.12. The molecule has 0 spiro atoms. The Bertz CT molecular complexity index is 44.2. The molecule has 0 aromatic carbocycles. The molecule has 4 N–H and O–H groups in total. The number of nitrogens with one attached hydrogen (secondary N) is 2. The van der Waals surface area contributed by atoms with E-state index in [1.807, 2.05) is 0 Å². The summed E-state index contributed by atoms with van der Waals surface area (Å²) in [6.07, 6.45) is 0. The molecule has 1 unspecified atom stereocenters. The third-order valence-electron chi connectivity index (χ3n) is 0.903. The quantitative estimate of drug-likeness (QED) is 0.325. The Balaban J connectivity index is 0.000000360. The van der Waals surface area contributed by atoms with E-state index in [0.29, 0.717) is 11.7 Å². The van der Waals surface area contributed by atoms with Crippen LogP contribution in [0.2, 0.25) is 0 Å². The van der Waals surface area contributed by atoms with E-state index in [0.717, 1.165) is 13.1 Å². The molecule has 1 rings (SSSR count). The molecule has 0 aromatic heterocycles. The molecule has 0 amide bonds. The van der Waals surface area contributed by atoms with E-state index in [-0.39, 0.29) is 5.48 Å². The van der Waals surface area contributed by atoms with Crippen LogP contribution in [0, 0.1) is 5.21 Å². The van der Waals surface area contributed by atoms with Crippen molar-refractivity contribution in [3.63, 3.8) is 0 Å². The molecule has 4 heteroatoms. The second-order valence-electron chi connectivity index (χ2n) is 1.47. The smallest absolute Gasteiger partial charge is 0.130 e.